The Labute approximate surface area is 103 Å². The lowest BCUT2D eigenvalue weighted by molar-refractivity contribution is 0.209. The normalized spacial score (nSPS) is 11.9. The Morgan fingerprint density at radius 3 is 2.19 bits per heavy atom. The molecular formula is C12H23N3S. The first kappa shape index (κ1) is 13.5. The van der Waals surface area contributed by atoms with Gasteiger partial charge in [0.1, 0.15) is 0 Å². The Morgan fingerprint density at radius 1 is 1.25 bits per heavy atom. The molecule has 0 radical (unpaired) electrons. The highest BCUT2D eigenvalue weighted by atomic mass is 32.1. The number of hydrogen-bond acceptors (Lipinski definition) is 4. The molecule has 0 aliphatic heterocycles. The number of nitrogens with zero attached hydrogens (tertiary/aromatic N) is 2. The van der Waals surface area contributed by atoms with E-state index in [9.17, 15) is 0 Å². The van der Waals surface area contributed by atoms with Crippen LogP contribution in [-0.2, 0) is 6.54 Å². The number of nitrogen functional groups attached to an aromatic ring is 1. The van der Waals surface area contributed by atoms with E-state index in [-0.39, 0.29) is 0 Å². The topological polar surface area (TPSA) is 42.1 Å². The monoisotopic (exact) mass is 241 g/mol. The van der Waals surface area contributed by atoms with Crippen LogP contribution in [0, 0.1) is 11.8 Å². The second-order valence-corrected chi connectivity index (χ2v) is 6.05. The minimum Gasteiger partial charge on any atom is -0.375 e. The summed E-state index contributed by atoms with van der Waals surface area (Å²) in [6.07, 6.45) is 0. The van der Waals surface area contributed by atoms with Crippen molar-refractivity contribution in [3.8, 4) is 0 Å². The Balaban J connectivity index is 2.55. The van der Waals surface area contributed by atoms with E-state index >= 15 is 0 Å². The maximum Gasteiger partial charge on any atom is 0.180 e. The molecule has 0 aliphatic carbocycles. The zero-order chi connectivity index (χ0) is 12.1. The summed E-state index contributed by atoms with van der Waals surface area (Å²) in [4.78, 5) is 6.78. The highest BCUT2D eigenvalue weighted by Crippen LogP contribution is 2.14. The van der Waals surface area contributed by atoms with Gasteiger partial charge in [0.25, 0.3) is 0 Å². The Morgan fingerprint density at radius 2 is 1.81 bits per heavy atom. The van der Waals surface area contributed by atoms with Crippen LogP contribution >= 0.6 is 11.3 Å². The first-order chi connectivity index (χ1) is 7.47. The zero-order valence-electron chi connectivity index (χ0n) is 10.7. The van der Waals surface area contributed by atoms with E-state index in [1.54, 1.807) is 0 Å². The van der Waals surface area contributed by atoms with E-state index in [2.05, 4.69) is 43.0 Å². The number of rotatable bonds is 6. The van der Waals surface area contributed by atoms with Gasteiger partial charge in [0, 0.05) is 25.0 Å². The molecule has 0 saturated carbocycles. The van der Waals surface area contributed by atoms with E-state index in [1.807, 2.05) is 0 Å². The van der Waals surface area contributed by atoms with Crippen molar-refractivity contribution in [1.82, 2.24) is 9.88 Å². The van der Waals surface area contributed by atoms with Crippen LogP contribution in [0.4, 0.5) is 5.13 Å². The fourth-order valence-corrected chi connectivity index (χ4v) is 2.41. The van der Waals surface area contributed by atoms with Crippen LogP contribution in [0.1, 0.15) is 33.4 Å². The van der Waals surface area contributed by atoms with Crippen molar-refractivity contribution in [3.05, 3.63) is 11.1 Å². The van der Waals surface area contributed by atoms with Crippen LogP contribution in [0.2, 0.25) is 0 Å². The fourth-order valence-electron chi connectivity index (χ4n) is 1.86. The van der Waals surface area contributed by atoms with Gasteiger partial charge in [-0.2, -0.15) is 0 Å². The van der Waals surface area contributed by atoms with E-state index in [0.29, 0.717) is 17.0 Å². The minimum atomic E-state index is 0.670. The predicted octanol–water partition coefficient (Wildman–Crippen LogP) is 2.84. The summed E-state index contributed by atoms with van der Waals surface area (Å²) in [5.74, 6) is 1.38. The molecule has 0 fully saturated rings. The highest BCUT2D eigenvalue weighted by Gasteiger charge is 2.11. The van der Waals surface area contributed by atoms with Gasteiger partial charge in [0.15, 0.2) is 5.13 Å². The molecule has 1 rings (SSSR count). The molecule has 0 bridgehead atoms. The van der Waals surface area contributed by atoms with Crippen molar-refractivity contribution < 1.29 is 0 Å². The van der Waals surface area contributed by atoms with Gasteiger partial charge in [-0.15, -0.1) is 11.3 Å². The van der Waals surface area contributed by atoms with Crippen molar-refractivity contribution in [1.29, 1.82) is 0 Å². The lowest BCUT2D eigenvalue weighted by Crippen LogP contribution is -2.31. The molecule has 1 aromatic rings. The van der Waals surface area contributed by atoms with Crippen LogP contribution in [0.3, 0.4) is 0 Å². The molecular weight excluding hydrogens is 218 g/mol. The molecule has 1 heterocycles. The molecule has 0 unspecified atom stereocenters. The largest absolute Gasteiger partial charge is 0.375 e. The lowest BCUT2D eigenvalue weighted by Gasteiger charge is -2.25. The van der Waals surface area contributed by atoms with Crippen LogP contribution in [-0.4, -0.2) is 23.0 Å². The smallest absolute Gasteiger partial charge is 0.180 e. The molecule has 0 atom stereocenters. The third kappa shape index (κ3) is 4.94. The molecule has 16 heavy (non-hydrogen) atoms. The number of nitrogens with two attached hydrogens (primary N) is 1. The minimum absolute atomic E-state index is 0.670. The molecule has 0 saturated heterocycles. The summed E-state index contributed by atoms with van der Waals surface area (Å²) < 4.78 is 0. The molecule has 1 aromatic heterocycles. The number of anilines is 1. The van der Waals surface area contributed by atoms with Gasteiger partial charge in [-0.05, 0) is 11.8 Å². The Kier molecular flexibility index (Phi) is 5.22. The molecule has 2 N–H and O–H groups in total. The zero-order valence-corrected chi connectivity index (χ0v) is 11.5. The third-order valence-corrected chi connectivity index (χ3v) is 2.92. The third-order valence-electron chi connectivity index (χ3n) is 2.20. The van der Waals surface area contributed by atoms with Crippen LogP contribution in [0.25, 0.3) is 0 Å². The molecule has 0 aliphatic rings. The van der Waals surface area contributed by atoms with Crippen LogP contribution in [0.15, 0.2) is 5.38 Å². The van der Waals surface area contributed by atoms with E-state index in [0.717, 1.165) is 25.3 Å². The van der Waals surface area contributed by atoms with E-state index in [4.69, 9.17) is 5.73 Å². The van der Waals surface area contributed by atoms with Crippen LogP contribution in [0.5, 0.6) is 0 Å². The summed E-state index contributed by atoms with van der Waals surface area (Å²) in [7, 11) is 0. The second kappa shape index (κ2) is 6.21. The van der Waals surface area contributed by atoms with Gasteiger partial charge in [0.05, 0.1) is 5.69 Å². The molecule has 4 heteroatoms. The summed E-state index contributed by atoms with van der Waals surface area (Å²) >= 11 is 1.52. The summed E-state index contributed by atoms with van der Waals surface area (Å²) in [6, 6.07) is 0. The average Bonchev–Trinajstić information content (AvgIpc) is 2.48. The fraction of sp³-hybridized carbons (Fsp3) is 0.750. The predicted molar refractivity (Wildman–Crippen MR) is 71.5 cm³/mol. The number of aromatic nitrogens is 1. The quantitative estimate of drug-likeness (QED) is 0.832. The van der Waals surface area contributed by atoms with Gasteiger partial charge in [-0.3, -0.25) is 4.90 Å². The molecule has 0 aromatic carbocycles. The average molecular weight is 241 g/mol. The standard InChI is InChI=1S/C12H23N3S/c1-9(2)5-15(6-10(3)4)7-11-8-16-12(13)14-11/h8-10H,5-7H2,1-4H3,(H2,13,14). The van der Waals surface area contributed by atoms with Gasteiger partial charge >= 0.3 is 0 Å². The van der Waals surface area contributed by atoms with Gasteiger partial charge < -0.3 is 5.73 Å². The molecule has 3 nitrogen and oxygen atoms in total. The molecule has 92 valence electrons. The lowest BCUT2D eigenvalue weighted by atomic mass is 10.1. The maximum absolute atomic E-state index is 5.65. The highest BCUT2D eigenvalue weighted by molar-refractivity contribution is 7.13. The molecule has 0 amide bonds. The summed E-state index contributed by atoms with van der Waals surface area (Å²) in [5, 5.41) is 2.73. The van der Waals surface area contributed by atoms with Crippen molar-refractivity contribution in [2.45, 2.75) is 34.2 Å². The summed E-state index contributed by atoms with van der Waals surface area (Å²) in [5.41, 5.74) is 6.75. The van der Waals surface area contributed by atoms with Crippen molar-refractivity contribution >= 4 is 16.5 Å². The number of hydrogen-bond donors (Lipinski definition) is 1. The van der Waals surface area contributed by atoms with Gasteiger partial charge in [-0.1, -0.05) is 27.7 Å². The summed E-state index contributed by atoms with van der Waals surface area (Å²) in [6.45, 7) is 12.2. The van der Waals surface area contributed by atoms with Gasteiger partial charge in [-0.25, -0.2) is 4.98 Å². The SMILES string of the molecule is CC(C)CN(Cc1csc(N)n1)CC(C)C. The van der Waals surface area contributed by atoms with Crippen molar-refractivity contribution in [2.75, 3.05) is 18.8 Å². The van der Waals surface area contributed by atoms with Crippen molar-refractivity contribution in [3.63, 3.8) is 0 Å². The number of thiazole rings is 1. The van der Waals surface area contributed by atoms with Crippen molar-refractivity contribution in [2.24, 2.45) is 11.8 Å². The van der Waals surface area contributed by atoms with E-state index < -0.39 is 0 Å². The molecule has 0 spiro atoms. The van der Waals surface area contributed by atoms with E-state index in [1.165, 1.54) is 11.3 Å². The first-order valence-electron chi connectivity index (χ1n) is 5.89. The first-order valence-corrected chi connectivity index (χ1v) is 6.77. The van der Waals surface area contributed by atoms with Gasteiger partial charge in [0.2, 0.25) is 0 Å². The van der Waals surface area contributed by atoms with Crippen LogP contribution < -0.4 is 5.73 Å². The Hall–Kier alpha value is -0.610. The maximum atomic E-state index is 5.65. The second-order valence-electron chi connectivity index (χ2n) is 5.16. The Bertz CT molecular complexity index is 297.